The molecule has 0 fully saturated rings. The second-order valence-electron chi connectivity index (χ2n) is 13.3. The van der Waals surface area contributed by atoms with Gasteiger partial charge >= 0.3 is 37.7 Å². The summed E-state index contributed by atoms with van der Waals surface area (Å²) in [6.07, 6.45) is 16.1. The fraction of sp³-hybridized carbons (Fsp3) is 0.429. The van der Waals surface area contributed by atoms with E-state index in [-0.39, 0.29) is 54.8 Å². The van der Waals surface area contributed by atoms with Gasteiger partial charge in [-0.25, -0.2) is 8.42 Å². The minimum absolute atomic E-state index is 0. The number of para-hydroxylation sites is 2. The van der Waals surface area contributed by atoms with Gasteiger partial charge in [-0.05, 0) is 79.0 Å². The van der Waals surface area contributed by atoms with Gasteiger partial charge in [0.15, 0.2) is 11.5 Å². The molecule has 296 valence electrons. The standard InChI is InChI=1S/2C21H28O5S.Ca/c2*1-2-3-4-5-6-7-9-12-17-15-16-19(20(22)21(17)27(23,24)25)26-18-13-10-8-11-14-18;/h2*8,10-11,13-16,22H,2-7,9,12H2,1H3,(H,23,24,25);/q;;+2/p-2. The van der Waals surface area contributed by atoms with E-state index in [0.29, 0.717) is 29.9 Å². The molecule has 0 unspecified atom stereocenters. The minimum atomic E-state index is -4.88. The number of hydrogen-bond acceptors (Lipinski definition) is 9. The Morgan fingerprint density at radius 1 is 0.545 bits per heavy atom. The Hall–Kier alpha value is -2.84. The Morgan fingerprint density at radius 3 is 1.35 bits per heavy atom. The summed E-state index contributed by atoms with van der Waals surface area (Å²) in [6.45, 7) is 4.34. The average molecular weight is 823 g/mol. The second kappa shape index (κ2) is 25.4. The van der Waals surface area contributed by atoms with Gasteiger partial charge in [0, 0.05) is 0 Å². The molecule has 0 radical (unpaired) electrons. The summed E-state index contributed by atoms with van der Waals surface area (Å²) >= 11 is 0. The molecule has 0 aliphatic heterocycles. The van der Waals surface area contributed by atoms with E-state index in [4.69, 9.17) is 9.47 Å². The molecule has 55 heavy (non-hydrogen) atoms. The van der Waals surface area contributed by atoms with Gasteiger partial charge in [-0.15, -0.1) is 0 Å². The predicted molar refractivity (Wildman–Crippen MR) is 214 cm³/mol. The molecule has 0 aliphatic carbocycles. The molecule has 4 aromatic rings. The van der Waals surface area contributed by atoms with Crippen LogP contribution in [0.4, 0.5) is 0 Å². The number of benzene rings is 4. The molecule has 10 nitrogen and oxygen atoms in total. The van der Waals surface area contributed by atoms with E-state index >= 15 is 0 Å². The fourth-order valence-corrected chi connectivity index (χ4v) is 7.74. The number of phenols is 1. The van der Waals surface area contributed by atoms with Crippen molar-refractivity contribution in [2.75, 3.05) is 0 Å². The third-order valence-corrected chi connectivity index (χ3v) is 10.8. The fourth-order valence-electron chi connectivity index (χ4n) is 6.07. The summed E-state index contributed by atoms with van der Waals surface area (Å²) in [6, 6.07) is 23.4. The van der Waals surface area contributed by atoms with Crippen LogP contribution in [-0.2, 0) is 33.1 Å². The van der Waals surface area contributed by atoms with Gasteiger partial charge in [-0.2, -0.15) is 8.42 Å². The third-order valence-electron chi connectivity index (χ3n) is 8.88. The Kier molecular flexibility index (Phi) is 22.3. The zero-order valence-corrected chi connectivity index (χ0v) is 35.9. The van der Waals surface area contributed by atoms with Gasteiger partial charge in [0.1, 0.15) is 32.3 Å². The van der Waals surface area contributed by atoms with Gasteiger partial charge in [-0.1, -0.05) is 139 Å². The molecular formula is C42H54CaO10S2. The molecule has 0 spiro atoms. The number of aryl methyl sites for hydroxylation is 2. The Bertz CT molecular complexity index is 1780. The molecule has 0 atom stereocenters. The molecule has 4 rings (SSSR count). The predicted octanol–water partition coefficient (Wildman–Crippen LogP) is 10.1. The molecule has 4 aromatic carbocycles. The van der Waals surface area contributed by atoms with Crippen LogP contribution in [0.3, 0.4) is 0 Å². The summed E-state index contributed by atoms with van der Waals surface area (Å²) in [5.74, 6) is -0.704. The number of hydrogen-bond donors (Lipinski definition) is 2. The minimum Gasteiger partial charge on any atom is -0.869 e. The van der Waals surface area contributed by atoms with Crippen LogP contribution in [0, 0.1) is 0 Å². The van der Waals surface area contributed by atoms with E-state index in [1.807, 2.05) is 6.07 Å². The number of phenolic OH excluding ortho intramolecular Hbond substituents is 1. The van der Waals surface area contributed by atoms with Crippen molar-refractivity contribution < 1.29 is 45.6 Å². The summed E-state index contributed by atoms with van der Waals surface area (Å²) in [5.41, 5.74) is 0.688. The van der Waals surface area contributed by atoms with Crippen LogP contribution in [0.25, 0.3) is 0 Å². The van der Waals surface area contributed by atoms with Crippen LogP contribution < -0.4 is 14.6 Å². The van der Waals surface area contributed by atoms with Crippen LogP contribution in [0.1, 0.15) is 115 Å². The van der Waals surface area contributed by atoms with Crippen LogP contribution in [0.15, 0.2) is 94.7 Å². The van der Waals surface area contributed by atoms with E-state index < -0.39 is 41.5 Å². The van der Waals surface area contributed by atoms with Gasteiger partial charge in [0.2, 0.25) is 0 Å². The maximum atomic E-state index is 12.5. The zero-order chi connectivity index (χ0) is 39.4. The van der Waals surface area contributed by atoms with E-state index in [1.165, 1.54) is 63.1 Å². The molecule has 0 heterocycles. The Morgan fingerprint density at radius 2 is 0.927 bits per heavy atom. The monoisotopic (exact) mass is 822 g/mol. The number of aromatic hydroxyl groups is 1. The maximum Gasteiger partial charge on any atom is 2.00 e. The van der Waals surface area contributed by atoms with E-state index in [0.717, 1.165) is 44.9 Å². The number of unbranched alkanes of at least 4 members (excludes halogenated alkanes) is 12. The SMILES string of the molecule is CCCCCCCCCc1ccc(Oc2ccccc2)c(O)c1S(=O)(=O)O.CCCCCCCCCc1ccc(Oc2ccccc2)c([O-])c1S(=O)(=O)[O-].[Ca+2]. The van der Waals surface area contributed by atoms with E-state index in [1.54, 1.807) is 60.7 Å². The smallest absolute Gasteiger partial charge is 0.869 e. The van der Waals surface area contributed by atoms with E-state index in [2.05, 4.69) is 13.8 Å². The third kappa shape index (κ3) is 17.0. The van der Waals surface area contributed by atoms with Gasteiger partial charge in [-0.3, -0.25) is 4.55 Å². The first-order valence-corrected chi connectivity index (χ1v) is 21.8. The van der Waals surface area contributed by atoms with Crippen molar-refractivity contribution in [1.29, 1.82) is 0 Å². The molecule has 2 N–H and O–H groups in total. The summed E-state index contributed by atoms with van der Waals surface area (Å²) in [5, 5.41) is 22.9. The molecule has 0 aliphatic rings. The Balaban J connectivity index is 0.000000373. The first-order chi connectivity index (χ1) is 25.9. The normalized spacial score (nSPS) is 11.3. The first kappa shape index (κ1) is 48.3. The van der Waals surface area contributed by atoms with E-state index in [9.17, 15) is 36.2 Å². The molecule has 0 saturated carbocycles. The van der Waals surface area contributed by atoms with Crippen molar-refractivity contribution in [3.8, 4) is 34.5 Å². The van der Waals surface area contributed by atoms with Crippen LogP contribution in [0.5, 0.6) is 34.5 Å². The van der Waals surface area contributed by atoms with Crippen molar-refractivity contribution in [3.63, 3.8) is 0 Å². The van der Waals surface area contributed by atoms with Crippen molar-refractivity contribution in [3.05, 3.63) is 96.1 Å². The topological polar surface area (TPSA) is 173 Å². The number of ether oxygens (including phenoxy) is 2. The Labute approximate surface area is 357 Å². The molecule has 0 aromatic heterocycles. The summed E-state index contributed by atoms with van der Waals surface area (Å²) in [7, 11) is -9.44. The van der Waals surface area contributed by atoms with Crippen molar-refractivity contribution >= 4 is 58.0 Å². The first-order valence-electron chi connectivity index (χ1n) is 18.9. The van der Waals surface area contributed by atoms with Crippen molar-refractivity contribution in [1.82, 2.24) is 0 Å². The second-order valence-corrected chi connectivity index (χ2v) is 16.0. The van der Waals surface area contributed by atoms with Gasteiger partial charge < -0.3 is 24.2 Å². The summed E-state index contributed by atoms with van der Waals surface area (Å²) < 4.78 is 79.3. The van der Waals surface area contributed by atoms with Gasteiger partial charge in [0.05, 0.1) is 4.90 Å². The van der Waals surface area contributed by atoms with Crippen LogP contribution >= 0.6 is 0 Å². The quantitative estimate of drug-likeness (QED) is 0.0441. The largest absolute Gasteiger partial charge is 2.00 e. The van der Waals surface area contributed by atoms with Crippen molar-refractivity contribution in [2.24, 2.45) is 0 Å². The molecule has 0 bridgehead atoms. The van der Waals surface area contributed by atoms with Crippen LogP contribution in [-0.4, -0.2) is 68.8 Å². The zero-order valence-electron chi connectivity index (χ0n) is 32.1. The molecule has 0 saturated heterocycles. The van der Waals surface area contributed by atoms with Gasteiger partial charge in [0.25, 0.3) is 10.1 Å². The average Bonchev–Trinajstić information content (AvgIpc) is 3.13. The summed E-state index contributed by atoms with van der Waals surface area (Å²) in [4.78, 5) is -1.14. The molecule has 13 heteroatoms. The van der Waals surface area contributed by atoms with Crippen molar-refractivity contribution in [2.45, 2.75) is 126 Å². The molecular weight excluding hydrogens is 769 g/mol. The molecule has 0 amide bonds. The van der Waals surface area contributed by atoms with Crippen LogP contribution in [0.2, 0.25) is 0 Å². The number of rotatable bonds is 22. The maximum absolute atomic E-state index is 12.5.